The minimum atomic E-state index is -1.11. The maximum atomic E-state index is 11.7. The van der Waals surface area contributed by atoms with Crippen molar-refractivity contribution in [3.8, 4) is 0 Å². The Morgan fingerprint density at radius 3 is 2.55 bits per heavy atom. The van der Waals surface area contributed by atoms with Crippen molar-refractivity contribution in [1.29, 1.82) is 0 Å². The van der Waals surface area contributed by atoms with Crippen molar-refractivity contribution in [3.63, 3.8) is 0 Å². The van der Waals surface area contributed by atoms with Crippen LogP contribution in [0.25, 0.3) is 0 Å². The van der Waals surface area contributed by atoms with Gasteiger partial charge in [-0.15, -0.1) is 0 Å². The zero-order valence-electron chi connectivity index (χ0n) is 11.6. The van der Waals surface area contributed by atoms with Gasteiger partial charge in [0.25, 0.3) is 0 Å². The minimum absolute atomic E-state index is 0.00106. The molecule has 1 unspecified atom stereocenters. The molecule has 1 rings (SSSR count). The van der Waals surface area contributed by atoms with E-state index in [0.29, 0.717) is 12.2 Å². The smallest absolute Gasteiger partial charge is 0.337 e. The lowest BCUT2D eigenvalue weighted by Crippen LogP contribution is -2.40. The van der Waals surface area contributed by atoms with Crippen molar-refractivity contribution in [2.45, 2.75) is 13.0 Å². The number of carbonyl (C=O) groups excluding carboxylic acids is 1. The van der Waals surface area contributed by atoms with Gasteiger partial charge in [-0.25, -0.2) is 9.59 Å². The highest BCUT2D eigenvalue weighted by molar-refractivity contribution is 6.33. The first-order valence-electron chi connectivity index (χ1n) is 6.05. The molecule has 0 aliphatic rings. The van der Waals surface area contributed by atoms with Crippen LogP contribution in [0.2, 0.25) is 5.02 Å². The van der Waals surface area contributed by atoms with Gasteiger partial charge in [0.2, 0.25) is 0 Å². The predicted octanol–water partition coefficient (Wildman–Crippen LogP) is 2.11. The van der Waals surface area contributed by atoms with Gasteiger partial charge in [-0.2, -0.15) is 0 Å². The van der Waals surface area contributed by atoms with Crippen LogP contribution in [-0.4, -0.2) is 48.7 Å². The molecule has 1 aromatic rings. The molecule has 0 bridgehead atoms. The third-order valence-corrected chi connectivity index (χ3v) is 3.21. The quantitative estimate of drug-likeness (QED) is 0.778. The molecule has 0 saturated carbocycles. The zero-order valence-corrected chi connectivity index (χ0v) is 12.4. The highest BCUT2D eigenvalue weighted by atomic mass is 35.5. The van der Waals surface area contributed by atoms with E-state index in [9.17, 15) is 9.59 Å². The predicted molar refractivity (Wildman–Crippen MR) is 78.6 cm³/mol. The number of likely N-dealkylation sites (N-methyl/N-ethyl adjacent to an activating group) is 1. The van der Waals surface area contributed by atoms with Gasteiger partial charge >= 0.3 is 12.0 Å². The number of urea groups is 1. The third-order valence-electron chi connectivity index (χ3n) is 2.90. The summed E-state index contributed by atoms with van der Waals surface area (Å²) in [7, 11) is 3.85. The summed E-state index contributed by atoms with van der Waals surface area (Å²) in [5, 5.41) is 14.2. The summed E-state index contributed by atoms with van der Waals surface area (Å²) < 4.78 is 0. The number of carbonyl (C=O) groups is 2. The van der Waals surface area contributed by atoms with Gasteiger partial charge in [-0.1, -0.05) is 11.6 Å². The summed E-state index contributed by atoms with van der Waals surface area (Å²) >= 11 is 5.82. The molecule has 110 valence electrons. The molecule has 0 aromatic heterocycles. The lowest BCUT2D eigenvalue weighted by molar-refractivity contribution is 0.0697. The average Bonchev–Trinajstić information content (AvgIpc) is 2.35. The zero-order chi connectivity index (χ0) is 15.3. The highest BCUT2D eigenvalue weighted by Gasteiger charge is 2.11. The Hall–Kier alpha value is -1.79. The molecule has 0 radical (unpaired) electrons. The van der Waals surface area contributed by atoms with Crippen LogP contribution in [-0.2, 0) is 0 Å². The molecule has 20 heavy (non-hydrogen) atoms. The van der Waals surface area contributed by atoms with E-state index in [0.717, 1.165) is 0 Å². The second-order valence-electron chi connectivity index (χ2n) is 4.65. The van der Waals surface area contributed by atoms with Crippen molar-refractivity contribution in [3.05, 3.63) is 28.8 Å². The van der Waals surface area contributed by atoms with E-state index in [-0.39, 0.29) is 22.7 Å². The van der Waals surface area contributed by atoms with Gasteiger partial charge in [0.1, 0.15) is 0 Å². The fourth-order valence-corrected chi connectivity index (χ4v) is 1.63. The number of benzene rings is 1. The van der Waals surface area contributed by atoms with Gasteiger partial charge in [0.05, 0.1) is 10.6 Å². The van der Waals surface area contributed by atoms with E-state index in [4.69, 9.17) is 16.7 Å². The molecule has 2 amide bonds. The molecule has 0 fully saturated rings. The lowest BCUT2D eigenvalue weighted by atomic mass is 10.2. The minimum Gasteiger partial charge on any atom is -0.478 e. The van der Waals surface area contributed by atoms with E-state index < -0.39 is 5.97 Å². The number of hydrogen-bond donors (Lipinski definition) is 3. The summed E-state index contributed by atoms with van der Waals surface area (Å²) in [4.78, 5) is 24.5. The number of hydrogen-bond acceptors (Lipinski definition) is 3. The first-order valence-corrected chi connectivity index (χ1v) is 6.43. The van der Waals surface area contributed by atoms with Crippen LogP contribution in [0.3, 0.4) is 0 Å². The molecule has 0 aliphatic heterocycles. The number of nitrogens with zero attached hydrogens (tertiary/aromatic N) is 1. The Balaban J connectivity index is 2.58. The molecule has 7 heteroatoms. The molecule has 1 aromatic carbocycles. The van der Waals surface area contributed by atoms with E-state index in [1.54, 1.807) is 0 Å². The molecular weight excluding hydrogens is 282 g/mol. The van der Waals surface area contributed by atoms with Crippen LogP contribution in [0, 0.1) is 0 Å². The van der Waals surface area contributed by atoms with Gasteiger partial charge in [-0.3, -0.25) is 0 Å². The summed E-state index contributed by atoms with van der Waals surface area (Å²) in [6.07, 6.45) is 0. The second kappa shape index (κ2) is 7.12. The SMILES string of the molecule is CC(CNC(=O)Nc1ccc(C(=O)O)c(Cl)c1)N(C)C. The Morgan fingerprint density at radius 2 is 2.05 bits per heavy atom. The van der Waals surface area contributed by atoms with Gasteiger partial charge in [0.15, 0.2) is 0 Å². The van der Waals surface area contributed by atoms with Gasteiger partial charge in [0, 0.05) is 18.3 Å². The van der Waals surface area contributed by atoms with Crippen molar-refractivity contribution >= 4 is 29.3 Å². The first-order chi connectivity index (χ1) is 9.31. The van der Waals surface area contributed by atoms with Crippen LogP contribution in [0.5, 0.6) is 0 Å². The number of rotatable bonds is 5. The maximum absolute atomic E-state index is 11.7. The molecular formula is C13H18ClN3O3. The monoisotopic (exact) mass is 299 g/mol. The summed E-state index contributed by atoms with van der Waals surface area (Å²) in [6, 6.07) is 4.09. The molecule has 6 nitrogen and oxygen atoms in total. The number of nitrogens with one attached hydrogen (secondary N) is 2. The standard InChI is InChI=1S/C13H18ClN3O3/c1-8(17(2)3)7-15-13(20)16-9-4-5-10(12(18)19)11(14)6-9/h4-6,8H,7H2,1-3H3,(H,18,19)(H2,15,16,20). The highest BCUT2D eigenvalue weighted by Crippen LogP contribution is 2.20. The Morgan fingerprint density at radius 1 is 1.40 bits per heavy atom. The van der Waals surface area contributed by atoms with Crippen molar-refractivity contribution in [2.75, 3.05) is 26.0 Å². The number of amides is 2. The number of carboxylic acid groups (broad SMARTS) is 1. The number of aromatic carboxylic acids is 1. The maximum Gasteiger partial charge on any atom is 0.337 e. The summed E-state index contributed by atoms with van der Waals surface area (Å²) in [5.41, 5.74) is 0.439. The molecule has 3 N–H and O–H groups in total. The normalized spacial score (nSPS) is 12.1. The van der Waals surface area contributed by atoms with E-state index in [1.807, 2.05) is 25.9 Å². The van der Waals surface area contributed by atoms with Gasteiger partial charge < -0.3 is 20.6 Å². The lowest BCUT2D eigenvalue weighted by Gasteiger charge is -2.20. The third kappa shape index (κ3) is 4.71. The summed E-state index contributed by atoms with van der Waals surface area (Å²) in [6.45, 7) is 2.48. The summed E-state index contributed by atoms with van der Waals surface area (Å²) in [5.74, 6) is -1.11. The molecule has 0 aliphatic carbocycles. The van der Waals surface area contributed by atoms with E-state index in [1.165, 1.54) is 18.2 Å². The Labute approximate surface area is 122 Å². The fourth-order valence-electron chi connectivity index (χ4n) is 1.36. The van der Waals surface area contributed by atoms with Gasteiger partial charge in [-0.05, 0) is 39.2 Å². The topological polar surface area (TPSA) is 81.7 Å². The number of halogens is 1. The fraction of sp³-hybridized carbons (Fsp3) is 0.385. The number of anilines is 1. The van der Waals surface area contributed by atoms with E-state index >= 15 is 0 Å². The van der Waals surface area contributed by atoms with E-state index in [2.05, 4.69) is 10.6 Å². The molecule has 0 heterocycles. The van der Waals surface area contributed by atoms with Crippen molar-refractivity contribution in [2.24, 2.45) is 0 Å². The number of carboxylic acids is 1. The Kier molecular flexibility index (Phi) is 5.79. The Bertz CT molecular complexity index is 506. The first kappa shape index (κ1) is 16.3. The molecule has 1 atom stereocenters. The van der Waals surface area contributed by atoms with Crippen LogP contribution < -0.4 is 10.6 Å². The van der Waals surface area contributed by atoms with Crippen LogP contribution in [0.1, 0.15) is 17.3 Å². The van der Waals surface area contributed by atoms with Crippen LogP contribution in [0.15, 0.2) is 18.2 Å². The van der Waals surface area contributed by atoms with Crippen molar-refractivity contribution < 1.29 is 14.7 Å². The molecule has 0 saturated heterocycles. The van der Waals surface area contributed by atoms with Crippen molar-refractivity contribution in [1.82, 2.24) is 10.2 Å². The largest absolute Gasteiger partial charge is 0.478 e. The van der Waals surface area contributed by atoms with Crippen LogP contribution >= 0.6 is 11.6 Å². The average molecular weight is 300 g/mol. The van der Waals surface area contributed by atoms with Crippen LogP contribution in [0.4, 0.5) is 10.5 Å². The molecule has 0 spiro atoms. The second-order valence-corrected chi connectivity index (χ2v) is 5.05.